The largest absolute Gasteiger partial charge is 0.345 e. The summed E-state index contributed by atoms with van der Waals surface area (Å²) in [7, 11) is 0. The lowest BCUT2D eigenvalue weighted by atomic mass is 10.00. The molecule has 0 spiro atoms. The van der Waals surface area contributed by atoms with Gasteiger partial charge in [0.1, 0.15) is 11.9 Å². The van der Waals surface area contributed by atoms with E-state index >= 15 is 0 Å². The van der Waals surface area contributed by atoms with E-state index in [1.807, 2.05) is 0 Å². The fraction of sp³-hybridized carbons (Fsp3) is 0.500. The number of benzene rings is 1. The van der Waals surface area contributed by atoms with Gasteiger partial charge in [0, 0.05) is 18.0 Å². The Bertz CT molecular complexity index is 761. The number of carbonyl (C=O) groups is 1. The first-order valence-electron chi connectivity index (χ1n) is 8.59. The van der Waals surface area contributed by atoms with Crippen LogP contribution in [0.4, 0.5) is 4.39 Å². The van der Waals surface area contributed by atoms with Crippen molar-refractivity contribution in [2.75, 3.05) is 0 Å². The molecule has 3 atom stereocenters. The second kappa shape index (κ2) is 7.31. The van der Waals surface area contributed by atoms with Gasteiger partial charge in [-0.25, -0.2) is 4.39 Å². The molecule has 3 rings (SSSR count). The highest BCUT2D eigenvalue weighted by atomic mass is 19.1. The number of rotatable bonds is 5. The van der Waals surface area contributed by atoms with E-state index in [2.05, 4.69) is 15.5 Å². The van der Waals surface area contributed by atoms with Crippen molar-refractivity contribution in [2.24, 2.45) is 11.7 Å². The lowest BCUT2D eigenvalue weighted by molar-refractivity contribution is -0.122. The summed E-state index contributed by atoms with van der Waals surface area (Å²) in [4.78, 5) is 16.4. The van der Waals surface area contributed by atoms with Crippen LogP contribution in [-0.2, 0) is 4.79 Å². The highest BCUT2D eigenvalue weighted by Gasteiger charge is 2.27. The molecule has 0 saturated heterocycles. The zero-order valence-electron chi connectivity index (χ0n) is 14.5. The zero-order valence-corrected chi connectivity index (χ0v) is 14.5. The van der Waals surface area contributed by atoms with Crippen LogP contribution in [0.1, 0.15) is 50.1 Å². The Morgan fingerprint density at radius 2 is 2.28 bits per heavy atom. The summed E-state index contributed by atoms with van der Waals surface area (Å²) in [6.07, 6.45) is 3.46. The molecule has 3 N–H and O–H groups in total. The molecule has 25 heavy (non-hydrogen) atoms. The molecule has 1 aromatic carbocycles. The monoisotopic (exact) mass is 346 g/mol. The van der Waals surface area contributed by atoms with Gasteiger partial charge in [0.25, 0.3) is 0 Å². The molecule has 7 heteroatoms. The molecule has 6 nitrogen and oxygen atoms in total. The Morgan fingerprint density at radius 3 is 2.96 bits per heavy atom. The molecule has 0 radical (unpaired) electrons. The van der Waals surface area contributed by atoms with Crippen molar-refractivity contribution in [1.82, 2.24) is 15.5 Å². The maximum atomic E-state index is 13.7. The molecule has 1 aliphatic carbocycles. The predicted octanol–water partition coefficient (Wildman–Crippen LogP) is 2.88. The average molecular weight is 346 g/mol. The van der Waals surface area contributed by atoms with Gasteiger partial charge in [0.15, 0.2) is 0 Å². The summed E-state index contributed by atoms with van der Waals surface area (Å²) in [6, 6.07) is 4.46. The summed E-state index contributed by atoms with van der Waals surface area (Å²) in [6.45, 7) is 3.47. The number of hydrogen-bond acceptors (Lipinski definition) is 5. The van der Waals surface area contributed by atoms with Crippen molar-refractivity contribution in [3.8, 4) is 11.4 Å². The lowest BCUT2D eigenvalue weighted by Crippen LogP contribution is -2.33. The standard InChI is InChI=1S/C18H23FN4O2/c1-10-6-7-13(8-14(10)19)17-22-18(25-23-17)11(2)21-16(24)9-12-4-3-5-15(12)20/h6-8,11-12,15H,3-5,9,20H2,1-2H3,(H,21,24)/t11?,12-,15+/m0/s1. The smallest absolute Gasteiger partial charge is 0.249 e. The van der Waals surface area contributed by atoms with Crippen molar-refractivity contribution in [2.45, 2.75) is 51.6 Å². The molecule has 0 bridgehead atoms. The fourth-order valence-corrected chi connectivity index (χ4v) is 3.18. The Balaban J connectivity index is 1.63. The van der Waals surface area contributed by atoms with Gasteiger partial charge in [-0.2, -0.15) is 4.98 Å². The van der Waals surface area contributed by atoms with Gasteiger partial charge in [0.2, 0.25) is 17.6 Å². The van der Waals surface area contributed by atoms with E-state index < -0.39 is 6.04 Å². The number of aryl methyl sites for hydroxylation is 1. The fourth-order valence-electron chi connectivity index (χ4n) is 3.18. The van der Waals surface area contributed by atoms with Gasteiger partial charge in [-0.1, -0.05) is 23.7 Å². The van der Waals surface area contributed by atoms with E-state index in [0.717, 1.165) is 19.3 Å². The minimum Gasteiger partial charge on any atom is -0.345 e. The van der Waals surface area contributed by atoms with Crippen LogP contribution < -0.4 is 11.1 Å². The predicted molar refractivity (Wildman–Crippen MR) is 90.9 cm³/mol. The Hall–Kier alpha value is -2.28. The Morgan fingerprint density at radius 1 is 1.48 bits per heavy atom. The molecule has 0 aliphatic heterocycles. The summed E-state index contributed by atoms with van der Waals surface area (Å²) in [5.74, 6) is 0.433. The van der Waals surface area contributed by atoms with E-state index in [0.29, 0.717) is 29.3 Å². The number of nitrogens with one attached hydrogen (secondary N) is 1. The first-order chi connectivity index (χ1) is 11.9. The van der Waals surface area contributed by atoms with Gasteiger partial charge >= 0.3 is 0 Å². The number of amides is 1. The van der Waals surface area contributed by atoms with E-state index in [4.69, 9.17) is 10.3 Å². The number of hydrogen-bond donors (Lipinski definition) is 2. The normalized spacial score (nSPS) is 21.3. The summed E-state index contributed by atoms with van der Waals surface area (Å²) >= 11 is 0. The zero-order chi connectivity index (χ0) is 18.0. The van der Waals surface area contributed by atoms with Crippen LogP contribution in [0.2, 0.25) is 0 Å². The Kier molecular flexibility index (Phi) is 5.13. The minimum absolute atomic E-state index is 0.0732. The van der Waals surface area contributed by atoms with E-state index in [-0.39, 0.29) is 23.7 Å². The third-order valence-corrected chi connectivity index (χ3v) is 4.79. The molecule has 134 valence electrons. The number of nitrogens with two attached hydrogens (primary N) is 1. The van der Waals surface area contributed by atoms with Crippen LogP contribution >= 0.6 is 0 Å². The molecule has 1 saturated carbocycles. The first-order valence-corrected chi connectivity index (χ1v) is 8.59. The summed E-state index contributed by atoms with van der Waals surface area (Å²) in [5.41, 5.74) is 7.10. The van der Waals surface area contributed by atoms with Gasteiger partial charge in [0.05, 0.1) is 0 Å². The molecule has 1 heterocycles. The van der Waals surface area contributed by atoms with E-state index in [1.54, 1.807) is 26.0 Å². The van der Waals surface area contributed by atoms with E-state index in [1.165, 1.54) is 6.07 Å². The van der Waals surface area contributed by atoms with Crippen molar-refractivity contribution in [3.63, 3.8) is 0 Å². The van der Waals surface area contributed by atoms with Crippen molar-refractivity contribution in [1.29, 1.82) is 0 Å². The van der Waals surface area contributed by atoms with E-state index in [9.17, 15) is 9.18 Å². The maximum absolute atomic E-state index is 13.7. The first kappa shape index (κ1) is 17.5. The van der Waals surface area contributed by atoms with Crippen LogP contribution in [0.15, 0.2) is 22.7 Å². The van der Waals surface area contributed by atoms with Gasteiger partial charge < -0.3 is 15.6 Å². The van der Waals surface area contributed by atoms with Crippen molar-refractivity contribution in [3.05, 3.63) is 35.5 Å². The average Bonchev–Trinajstić information content (AvgIpc) is 3.20. The summed E-state index contributed by atoms with van der Waals surface area (Å²) < 4.78 is 18.9. The number of halogens is 1. The molecule has 1 aromatic heterocycles. The number of nitrogens with zero attached hydrogens (tertiary/aromatic N) is 2. The van der Waals surface area contributed by atoms with Crippen LogP contribution in [0.5, 0.6) is 0 Å². The number of aromatic nitrogens is 2. The second-order valence-corrected chi connectivity index (χ2v) is 6.77. The minimum atomic E-state index is -0.415. The second-order valence-electron chi connectivity index (χ2n) is 6.77. The van der Waals surface area contributed by atoms with Gasteiger partial charge in [-0.05, 0) is 44.2 Å². The van der Waals surface area contributed by atoms with Gasteiger partial charge in [-0.3, -0.25) is 4.79 Å². The van der Waals surface area contributed by atoms with Crippen LogP contribution in [0, 0.1) is 18.7 Å². The molecule has 1 aliphatic rings. The SMILES string of the molecule is Cc1ccc(-c2noc(C(C)NC(=O)C[C@@H]3CCC[C@H]3N)n2)cc1F. The lowest BCUT2D eigenvalue weighted by Gasteiger charge is -2.16. The maximum Gasteiger partial charge on any atom is 0.249 e. The van der Waals surface area contributed by atoms with Crippen molar-refractivity contribution < 1.29 is 13.7 Å². The molecule has 1 amide bonds. The molecular formula is C18H23FN4O2. The quantitative estimate of drug-likeness (QED) is 0.868. The molecule has 1 fully saturated rings. The molecule has 1 unspecified atom stereocenters. The highest BCUT2D eigenvalue weighted by molar-refractivity contribution is 5.76. The van der Waals surface area contributed by atoms with Crippen molar-refractivity contribution >= 4 is 5.91 Å². The number of carbonyl (C=O) groups excluding carboxylic acids is 1. The third-order valence-electron chi connectivity index (χ3n) is 4.79. The molecular weight excluding hydrogens is 323 g/mol. The topological polar surface area (TPSA) is 94.0 Å². The van der Waals surface area contributed by atoms with Crippen LogP contribution in [-0.4, -0.2) is 22.1 Å². The van der Waals surface area contributed by atoms with Crippen LogP contribution in [0.3, 0.4) is 0 Å². The molecule has 2 aromatic rings. The third kappa shape index (κ3) is 4.04. The van der Waals surface area contributed by atoms with Crippen LogP contribution in [0.25, 0.3) is 11.4 Å². The highest BCUT2D eigenvalue weighted by Crippen LogP contribution is 2.27. The summed E-state index contributed by atoms with van der Waals surface area (Å²) in [5, 5.41) is 6.74. The Labute approximate surface area is 146 Å². The van der Waals surface area contributed by atoms with Gasteiger partial charge in [-0.15, -0.1) is 0 Å².